The molecule has 0 aliphatic carbocycles. The van der Waals surface area contributed by atoms with Crippen LogP contribution in [0.5, 0.6) is 11.5 Å². The molecule has 0 bridgehead atoms. The van der Waals surface area contributed by atoms with Crippen molar-refractivity contribution >= 4 is 31.4 Å². The number of hydrogen-bond donors (Lipinski definition) is 0. The van der Waals surface area contributed by atoms with Crippen LogP contribution in [0.15, 0.2) is 107 Å². The fourth-order valence-corrected chi connectivity index (χ4v) is 8.51. The molecule has 0 spiro atoms. The zero-order chi connectivity index (χ0) is 28.1. The van der Waals surface area contributed by atoms with E-state index >= 15 is 0 Å². The van der Waals surface area contributed by atoms with Crippen LogP contribution < -0.4 is 18.1 Å². The molecule has 0 saturated heterocycles. The van der Waals surface area contributed by atoms with Crippen molar-refractivity contribution in [3.8, 4) is 11.5 Å². The van der Waals surface area contributed by atoms with Crippen molar-refractivity contribution < 1.29 is 26.3 Å². The second-order valence-corrected chi connectivity index (χ2v) is 13.5. The van der Waals surface area contributed by atoms with Gasteiger partial charge in [0.25, 0.3) is 20.0 Å². The number of fused-ring (bicyclic) bond motifs is 2. The van der Waals surface area contributed by atoms with Gasteiger partial charge in [0.1, 0.15) is 36.8 Å². The van der Waals surface area contributed by atoms with E-state index in [2.05, 4.69) is 0 Å². The van der Waals surface area contributed by atoms with Gasteiger partial charge in [-0.1, -0.05) is 59.7 Å². The number of anilines is 2. The van der Waals surface area contributed by atoms with Crippen LogP contribution >= 0.6 is 0 Å². The number of ether oxygens (including phenoxy) is 2. The molecule has 2 aliphatic rings. The fourth-order valence-electron chi connectivity index (χ4n) is 5.16. The molecule has 0 N–H and O–H groups in total. The van der Waals surface area contributed by atoms with Gasteiger partial charge in [-0.2, -0.15) is 0 Å². The Labute approximate surface area is 234 Å². The summed E-state index contributed by atoms with van der Waals surface area (Å²) in [5.74, 6) is 0.805. The van der Waals surface area contributed by atoms with E-state index in [0.29, 0.717) is 22.9 Å². The zero-order valence-electron chi connectivity index (χ0n) is 22.0. The first-order chi connectivity index (χ1) is 19.2. The molecule has 0 amide bonds. The first-order valence-electron chi connectivity index (χ1n) is 12.8. The second kappa shape index (κ2) is 9.87. The fraction of sp³-hybridized carbons (Fsp3) is 0.200. The third-order valence-corrected chi connectivity index (χ3v) is 10.9. The number of para-hydroxylation sites is 4. The lowest BCUT2D eigenvalue weighted by molar-refractivity contribution is 0.206. The summed E-state index contributed by atoms with van der Waals surface area (Å²) in [6, 6.07) is 25.1. The van der Waals surface area contributed by atoms with Gasteiger partial charge in [-0.15, -0.1) is 0 Å². The molecule has 10 heteroatoms. The topological polar surface area (TPSA) is 93.2 Å². The molecule has 0 radical (unpaired) electrons. The highest BCUT2D eigenvalue weighted by atomic mass is 32.2. The van der Waals surface area contributed by atoms with Crippen LogP contribution in [0.25, 0.3) is 0 Å². The summed E-state index contributed by atoms with van der Waals surface area (Å²) in [6.07, 6.45) is 0. The summed E-state index contributed by atoms with van der Waals surface area (Å²) in [6.45, 7) is 3.62. The highest BCUT2D eigenvalue weighted by Gasteiger charge is 2.48. The minimum atomic E-state index is -4.13. The van der Waals surface area contributed by atoms with Gasteiger partial charge in [-0.25, -0.2) is 16.8 Å². The van der Waals surface area contributed by atoms with Gasteiger partial charge in [-0.05, 0) is 62.4 Å². The van der Waals surface area contributed by atoms with E-state index in [1.165, 1.54) is 8.61 Å². The summed E-state index contributed by atoms with van der Waals surface area (Å²) in [5.41, 5.74) is 2.52. The number of aryl methyl sites for hydroxylation is 2. The molecule has 0 unspecified atom stereocenters. The van der Waals surface area contributed by atoms with Gasteiger partial charge in [0.15, 0.2) is 0 Å². The summed E-state index contributed by atoms with van der Waals surface area (Å²) in [7, 11) is -8.26. The number of hydrogen-bond acceptors (Lipinski definition) is 6. The van der Waals surface area contributed by atoms with Gasteiger partial charge >= 0.3 is 0 Å². The Morgan fingerprint density at radius 3 is 1.27 bits per heavy atom. The van der Waals surface area contributed by atoms with Crippen LogP contribution in [0.3, 0.4) is 0 Å². The highest BCUT2D eigenvalue weighted by molar-refractivity contribution is 7.93. The Morgan fingerprint density at radius 1 is 0.550 bits per heavy atom. The first kappa shape index (κ1) is 26.2. The molecule has 0 aromatic heterocycles. The molecule has 2 aliphatic heterocycles. The average Bonchev–Trinajstić information content (AvgIpc) is 2.96. The SMILES string of the molecule is Cc1ccc(S(=O)(=O)N2c3ccccc3OC[C@H]2[C@@H]2COc3ccccc3N2S(=O)(=O)c2ccc(C)cc2)cc1. The molecule has 4 aromatic rings. The minimum Gasteiger partial charge on any atom is -0.489 e. The molecule has 40 heavy (non-hydrogen) atoms. The van der Waals surface area contributed by atoms with E-state index in [9.17, 15) is 16.8 Å². The van der Waals surface area contributed by atoms with Crippen molar-refractivity contribution in [1.82, 2.24) is 0 Å². The average molecular weight is 577 g/mol. The number of rotatable bonds is 5. The third kappa shape index (κ3) is 4.37. The maximum absolute atomic E-state index is 14.3. The Bertz CT molecular complexity index is 1640. The number of benzene rings is 4. The molecule has 2 atom stereocenters. The lowest BCUT2D eigenvalue weighted by Gasteiger charge is -2.46. The van der Waals surface area contributed by atoms with E-state index in [-0.39, 0.29) is 23.0 Å². The summed E-state index contributed by atoms with van der Waals surface area (Å²) in [4.78, 5) is 0.203. The summed E-state index contributed by atoms with van der Waals surface area (Å²) < 4.78 is 71.9. The zero-order valence-corrected chi connectivity index (χ0v) is 23.6. The van der Waals surface area contributed by atoms with E-state index in [4.69, 9.17) is 9.47 Å². The smallest absolute Gasteiger partial charge is 0.264 e. The highest BCUT2D eigenvalue weighted by Crippen LogP contribution is 2.44. The maximum Gasteiger partial charge on any atom is 0.264 e. The molecule has 8 nitrogen and oxygen atoms in total. The molecule has 0 fully saturated rings. The van der Waals surface area contributed by atoms with Crippen molar-refractivity contribution in [1.29, 1.82) is 0 Å². The van der Waals surface area contributed by atoms with Crippen molar-refractivity contribution in [3.05, 3.63) is 108 Å². The Balaban J connectivity index is 1.53. The van der Waals surface area contributed by atoms with E-state index in [0.717, 1.165) is 11.1 Å². The van der Waals surface area contributed by atoms with Crippen LogP contribution in [0.4, 0.5) is 11.4 Å². The first-order valence-corrected chi connectivity index (χ1v) is 15.7. The van der Waals surface area contributed by atoms with E-state index < -0.39 is 32.1 Å². The molecule has 206 valence electrons. The van der Waals surface area contributed by atoms with Gasteiger partial charge in [0.2, 0.25) is 0 Å². The Hall–Kier alpha value is -4.02. The lowest BCUT2D eigenvalue weighted by Crippen LogP contribution is -2.62. The quantitative estimate of drug-likeness (QED) is 0.335. The third-order valence-electron chi connectivity index (χ3n) is 7.23. The number of sulfonamides is 2. The van der Waals surface area contributed by atoms with Crippen molar-refractivity contribution in [2.75, 3.05) is 21.8 Å². The maximum atomic E-state index is 14.3. The van der Waals surface area contributed by atoms with Crippen LogP contribution in [0.1, 0.15) is 11.1 Å². The van der Waals surface area contributed by atoms with Crippen LogP contribution in [0.2, 0.25) is 0 Å². The Morgan fingerprint density at radius 2 is 0.900 bits per heavy atom. The number of nitrogens with zero attached hydrogens (tertiary/aromatic N) is 2. The molecule has 2 heterocycles. The van der Waals surface area contributed by atoms with Crippen molar-refractivity contribution in [2.45, 2.75) is 35.7 Å². The van der Waals surface area contributed by atoms with E-state index in [1.54, 1.807) is 97.1 Å². The van der Waals surface area contributed by atoms with Crippen LogP contribution in [-0.2, 0) is 20.0 Å². The van der Waals surface area contributed by atoms with Gasteiger partial charge in [0, 0.05) is 0 Å². The second-order valence-electron chi connectivity index (χ2n) is 9.92. The van der Waals surface area contributed by atoms with E-state index in [1.807, 2.05) is 13.8 Å². The Kier molecular flexibility index (Phi) is 6.47. The van der Waals surface area contributed by atoms with Crippen molar-refractivity contribution in [3.63, 3.8) is 0 Å². The molecule has 4 aromatic carbocycles. The monoisotopic (exact) mass is 576 g/mol. The normalized spacial score (nSPS) is 18.8. The van der Waals surface area contributed by atoms with Gasteiger partial charge in [-0.3, -0.25) is 8.61 Å². The largest absolute Gasteiger partial charge is 0.489 e. The standard InChI is InChI=1S/C30H28N2O6S2/c1-21-11-15-23(16-12-21)39(33,34)31-25-7-3-5-9-29(25)37-19-27(31)28-20-38-30-10-6-4-8-26(30)32(28)40(35,36)24-17-13-22(2)14-18-24/h3-18,27-28H,19-20H2,1-2H3/t27-,28-/m0/s1. The molecular formula is C30H28N2O6S2. The molecule has 0 saturated carbocycles. The lowest BCUT2D eigenvalue weighted by atomic mass is 10.1. The molecular weight excluding hydrogens is 548 g/mol. The van der Waals surface area contributed by atoms with Crippen LogP contribution in [-0.4, -0.2) is 42.1 Å². The van der Waals surface area contributed by atoms with Crippen molar-refractivity contribution in [2.24, 2.45) is 0 Å². The summed E-state index contributed by atoms with van der Waals surface area (Å²) in [5, 5.41) is 0. The van der Waals surface area contributed by atoms with Gasteiger partial charge in [0.05, 0.1) is 21.2 Å². The predicted octanol–water partition coefficient (Wildman–Crippen LogP) is 4.92. The van der Waals surface area contributed by atoms with Gasteiger partial charge < -0.3 is 9.47 Å². The van der Waals surface area contributed by atoms with Crippen LogP contribution in [0, 0.1) is 13.8 Å². The predicted molar refractivity (Wildman–Crippen MR) is 153 cm³/mol. The minimum absolute atomic E-state index is 0.0712. The molecule has 6 rings (SSSR count). The summed E-state index contributed by atoms with van der Waals surface area (Å²) >= 11 is 0.